The summed E-state index contributed by atoms with van der Waals surface area (Å²) in [6, 6.07) is 7.93. The maximum absolute atomic E-state index is 12.6. The van der Waals surface area contributed by atoms with Crippen LogP contribution in [0.4, 0.5) is 11.9 Å². The quantitative estimate of drug-likeness (QED) is 0.278. The number of aromatic nitrogens is 8. The number of hydrogen-bond donors (Lipinski definition) is 3. The number of carbonyl (C=O) groups is 1. The van der Waals surface area contributed by atoms with Crippen LogP contribution in [0.2, 0.25) is 0 Å². The fourth-order valence-electron chi connectivity index (χ4n) is 3.15. The van der Waals surface area contributed by atoms with Crippen molar-refractivity contribution >= 4 is 35.3 Å². The average molecular weight is 468 g/mol. The number of rotatable bonds is 11. The number of carbonyl (C=O) groups excluding carboxylic acids is 1. The number of fused-ring (bicyclic) bond motifs is 1. The molecule has 0 bridgehead atoms. The van der Waals surface area contributed by atoms with E-state index in [1.54, 1.807) is 15.4 Å². The largest absolute Gasteiger partial charge is 0.355 e. The molecule has 0 spiro atoms. The van der Waals surface area contributed by atoms with Crippen LogP contribution < -0.4 is 16.0 Å². The SMILES string of the molecule is CCNc1nc(NCC)n2c(SCC(=O)NCc3ccccc3Cn3cncn3)nnc2n1. The molecule has 3 N–H and O–H groups in total. The third-order valence-corrected chi connectivity index (χ3v) is 5.57. The van der Waals surface area contributed by atoms with Gasteiger partial charge in [0.25, 0.3) is 5.78 Å². The standard InChI is InChI=1S/C20H25N11OS/c1-3-22-17-26-18(23-4-2)31-19(27-17)28-29-20(31)33-11-16(32)24-9-14-7-5-6-8-15(14)10-30-13-21-12-25-30/h5-8,12-13H,3-4,9-11H2,1-2H3,(H,24,32)(H2,22,23,26,27,28). The zero-order chi connectivity index (χ0) is 23.0. The Labute approximate surface area is 194 Å². The summed E-state index contributed by atoms with van der Waals surface area (Å²) in [5.41, 5.74) is 2.10. The first-order chi connectivity index (χ1) is 16.2. The van der Waals surface area contributed by atoms with Gasteiger partial charge in [0, 0.05) is 19.6 Å². The van der Waals surface area contributed by atoms with Gasteiger partial charge in [-0.1, -0.05) is 36.0 Å². The lowest BCUT2D eigenvalue weighted by atomic mass is 10.1. The van der Waals surface area contributed by atoms with Gasteiger partial charge < -0.3 is 16.0 Å². The zero-order valence-corrected chi connectivity index (χ0v) is 19.2. The maximum atomic E-state index is 12.6. The third kappa shape index (κ3) is 5.55. The van der Waals surface area contributed by atoms with Crippen molar-refractivity contribution in [1.29, 1.82) is 0 Å². The molecule has 3 heterocycles. The highest BCUT2D eigenvalue weighted by atomic mass is 32.2. The van der Waals surface area contributed by atoms with E-state index in [-0.39, 0.29) is 11.7 Å². The molecule has 0 fully saturated rings. The van der Waals surface area contributed by atoms with Crippen molar-refractivity contribution in [3.05, 3.63) is 48.0 Å². The van der Waals surface area contributed by atoms with E-state index >= 15 is 0 Å². The molecule has 12 nitrogen and oxygen atoms in total. The molecular formula is C20H25N11OS. The minimum atomic E-state index is -0.109. The van der Waals surface area contributed by atoms with E-state index in [4.69, 9.17) is 0 Å². The molecule has 13 heteroatoms. The maximum Gasteiger partial charge on any atom is 0.261 e. The van der Waals surface area contributed by atoms with Gasteiger partial charge in [-0.2, -0.15) is 15.1 Å². The highest BCUT2D eigenvalue weighted by Crippen LogP contribution is 2.21. The van der Waals surface area contributed by atoms with Crippen molar-refractivity contribution in [1.82, 2.24) is 44.6 Å². The van der Waals surface area contributed by atoms with Crippen molar-refractivity contribution in [2.45, 2.75) is 32.1 Å². The summed E-state index contributed by atoms with van der Waals surface area (Å²) >= 11 is 1.28. The molecule has 0 aliphatic rings. The third-order valence-electron chi connectivity index (χ3n) is 4.64. The molecule has 4 rings (SSSR count). The monoisotopic (exact) mass is 467 g/mol. The van der Waals surface area contributed by atoms with Crippen LogP contribution in [0.25, 0.3) is 5.78 Å². The Morgan fingerprint density at radius 2 is 1.88 bits per heavy atom. The lowest BCUT2D eigenvalue weighted by molar-refractivity contribution is -0.118. The van der Waals surface area contributed by atoms with E-state index in [9.17, 15) is 4.79 Å². The highest BCUT2D eigenvalue weighted by molar-refractivity contribution is 7.99. The first-order valence-electron chi connectivity index (χ1n) is 10.6. The van der Waals surface area contributed by atoms with Crippen LogP contribution in [0.5, 0.6) is 0 Å². The minimum absolute atomic E-state index is 0.109. The molecule has 0 saturated carbocycles. The fourth-order valence-corrected chi connectivity index (χ4v) is 3.90. The second-order valence-electron chi connectivity index (χ2n) is 6.98. The van der Waals surface area contributed by atoms with Crippen LogP contribution in [0.1, 0.15) is 25.0 Å². The van der Waals surface area contributed by atoms with Gasteiger partial charge in [-0.05, 0) is 25.0 Å². The number of anilines is 2. The number of amides is 1. The summed E-state index contributed by atoms with van der Waals surface area (Å²) in [4.78, 5) is 25.4. The van der Waals surface area contributed by atoms with Gasteiger partial charge in [-0.25, -0.2) is 14.1 Å². The van der Waals surface area contributed by atoms with E-state index in [0.29, 0.717) is 49.0 Å². The van der Waals surface area contributed by atoms with E-state index < -0.39 is 0 Å². The Kier molecular flexibility index (Phi) is 7.29. The second-order valence-corrected chi connectivity index (χ2v) is 7.92. The first-order valence-corrected chi connectivity index (χ1v) is 11.6. The molecule has 1 amide bonds. The number of hydrogen-bond acceptors (Lipinski definition) is 10. The predicted molar refractivity (Wildman–Crippen MR) is 125 cm³/mol. The van der Waals surface area contributed by atoms with Crippen LogP contribution in [0.15, 0.2) is 42.1 Å². The molecule has 0 aliphatic carbocycles. The molecule has 3 aromatic heterocycles. The van der Waals surface area contributed by atoms with Crippen LogP contribution >= 0.6 is 11.8 Å². The van der Waals surface area contributed by atoms with Crippen LogP contribution in [0, 0.1) is 0 Å². The Morgan fingerprint density at radius 1 is 1.06 bits per heavy atom. The summed E-state index contributed by atoms with van der Waals surface area (Å²) in [5, 5.41) is 22.3. The van der Waals surface area contributed by atoms with Crippen LogP contribution in [0.3, 0.4) is 0 Å². The number of nitrogens with zero attached hydrogens (tertiary/aromatic N) is 8. The lowest BCUT2D eigenvalue weighted by Gasteiger charge is -2.11. The van der Waals surface area contributed by atoms with Crippen molar-refractivity contribution in [2.24, 2.45) is 0 Å². The Morgan fingerprint density at radius 3 is 2.64 bits per heavy atom. The van der Waals surface area contributed by atoms with E-state index in [0.717, 1.165) is 11.1 Å². The molecule has 0 unspecified atom stereocenters. The zero-order valence-electron chi connectivity index (χ0n) is 18.4. The lowest BCUT2D eigenvalue weighted by Crippen LogP contribution is -2.25. The Bertz CT molecular complexity index is 1210. The van der Waals surface area contributed by atoms with Crippen molar-refractivity contribution < 1.29 is 4.79 Å². The molecule has 4 aromatic rings. The summed E-state index contributed by atoms with van der Waals surface area (Å²) in [7, 11) is 0. The van der Waals surface area contributed by atoms with Crippen molar-refractivity contribution in [2.75, 3.05) is 29.5 Å². The van der Waals surface area contributed by atoms with E-state index in [2.05, 4.69) is 46.2 Å². The molecule has 0 radical (unpaired) electrons. The average Bonchev–Trinajstić information content (AvgIpc) is 3.47. The topological polar surface area (TPSA) is 140 Å². The van der Waals surface area contributed by atoms with Gasteiger partial charge in [-0.15, -0.1) is 10.2 Å². The minimum Gasteiger partial charge on any atom is -0.355 e. The van der Waals surface area contributed by atoms with E-state index in [1.807, 2.05) is 38.1 Å². The summed E-state index contributed by atoms with van der Waals surface area (Å²) in [6.07, 6.45) is 3.17. The second kappa shape index (κ2) is 10.7. The van der Waals surface area contributed by atoms with Gasteiger partial charge in [-0.3, -0.25) is 4.79 Å². The smallest absolute Gasteiger partial charge is 0.261 e. The van der Waals surface area contributed by atoms with E-state index in [1.165, 1.54) is 18.1 Å². The Balaban J connectivity index is 1.40. The van der Waals surface area contributed by atoms with Gasteiger partial charge in [0.1, 0.15) is 12.7 Å². The highest BCUT2D eigenvalue weighted by Gasteiger charge is 2.16. The molecule has 172 valence electrons. The van der Waals surface area contributed by atoms with Gasteiger partial charge >= 0.3 is 0 Å². The van der Waals surface area contributed by atoms with Crippen molar-refractivity contribution in [3.8, 4) is 0 Å². The normalized spacial score (nSPS) is 11.0. The van der Waals surface area contributed by atoms with Gasteiger partial charge in [0.15, 0.2) is 5.16 Å². The molecule has 0 aliphatic heterocycles. The number of thioether (sulfide) groups is 1. The van der Waals surface area contributed by atoms with Crippen LogP contribution in [-0.2, 0) is 17.9 Å². The number of benzene rings is 1. The first kappa shape index (κ1) is 22.5. The molecule has 33 heavy (non-hydrogen) atoms. The van der Waals surface area contributed by atoms with Crippen LogP contribution in [-0.4, -0.2) is 64.1 Å². The fraction of sp³-hybridized carbons (Fsp3) is 0.350. The molecule has 0 saturated heterocycles. The molecule has 0 atom stereocenters. The Hall–Kier alpha value is -3.74. The van der Waals surface area contributed by atoms with Gasteiger partial charge in [0.05, 0.1) is 12.3 Å². The van der Waals surface area contributed by atoms with Gasteiger partial charge in [0.2, 0.25) is 17.8 Å². The summed E-state index contributed by atoms with van der Waals surface area (Å²) in [6.45, 7) is 6.33. The summed E-state index contributed by atoms with van der Waals surface area (Å²) < 4.78 is 3.47. The number of nitrogens with one attached hydrogen (secondary N) is 3. The van der Waals surface area contributed by atoms with Crippen molar-refractivity contribution in [3.63, 3.8) is 0 Å². The molecular weight excluding hydrogens is 442 g/mol. The predicted octanol–water partition coefficient (Wildman–Crippen LogP) is 1.43. The molecule has 1 aromatic carbocycles. The summed E-state index contributed by atoms with van der Waals surface area (Å²) in [5.74, 6) is 1.55.